The maximum atomic E-state index is 12.4. The summed E-state index contributed by atoms with van der Waals surface area (Å²) in [7, 11) is -1.55. The fourth-order valence-electron chi connectivity index (χ4n) is 1.54. The van der Waals surface area contributed by atoms with Crippen molar-refractivity contribution in [3.05, 3.63) is 42.0 Å². The van der Waals surface area contributed by atoms with Crippen molar-refractivity contribution in [2.75, 3.05) is 14.2 Å². The SMILES string of the molecule is COP(=O)(OC)[C@H](NC(=O)/C=C/c1ccccc1)C(Cl)(Cl)Cl. The summed E-state index contributed by atoms with van der Waals surface area (Å²) in [6.07, 6.45) is 2.80. The third-order valence-corrected chi connectivity index (χ3v) is 5.92. The second kappa shape index (κ2) is 8.34. The lowest BCUT2D eigenvalue weighted by Crippen LogP contribution is -2.43. The molecule has 1 rings (SSSR count). The van der Waals surface area contributed by atoms with E-state index in [1.54, 1.807) is 6.08 Å². The van der Waals surface area contributed by atoms with Crippen molar-refractivity contribution in [2.24, 2.45) is 0 Å². The molecule has 0 aliphatic rings. The molecule has 0 heterocycles. The Labute approximate surface area is 144 Å². The van der Waals surface area contributed by atoms with Crippen molar-refractivity contribution < 1.29 is 18.4 Å². The van der Waals surface area contributed by atoms with Gasteiger partial charge in [-0.3, -0.25) is 9.36 Å². The van der Waals surface area contributed by atoms with Crippen LogP contribution in [0.15, 0.2) is 36.4 Å². The van der Waals surface area contributed by atoms with Crippen LogP contribution in [-0.2, 0) is 18.4 Å². The predicted octanol–water partition coefficient (Wildman–Crippen LogP) is 4.00. The first-order chi connectivity index (χ1) is 10.2. The molecule has 0 saturated carbocycles. The lowest BCUT2D eigenvalue weighted by molar-refractivity contribution is -0.116. The molecule has 0 fully saturated rings. The number of carbonyl (C=O) groups is 1. The number of nitrogens with one attached hydrogen (secondary N) is 1. The maximum absolute atomic E-state index is 12.4. The zero-order chi connectivity index (χ0) is 16.8. The van der Waals surface area contributed by atoms with Crippen molar-refractivity contribution in [3.63, 3.8) is 0 Å². The maximum Gasteiger partial charge on any atom is 0.356 e. The van der Waals surface area contributed by atoms with E-state index in [9.17, 15) is 9.36 Å². The highest BCUT2D eigenvalue weighted by Gasteiger charge is 2.48. The molecule has 0 aromatic heterocycles. The molecule has 1 N–H and O–H groups in total. The first-order valence-electron chi connectivity index (χ1n) is 6.04. The molecule has 0 bridgehead atoms. The van der Waals surface area contributed by atoms with Gasteiger partial charge in [-0.25, -0.2) is 0 Å². The third kappa shape index (κ3) is 5.58. The molecule has 9 heteroatoms. The van der Waals surface area contributed by atoms with Gasteiger partial charge in [0.25, 0.3) is 0 Å². The smallest absolute Gasteiger partial charge is 0.335 e. The van der Waals surface area contributed by atoms with Gasteiger partial charge in [-0.2, -0.15) is 0 Å². The molecule has 0 aliphatic heterocycles. The highest BCUT2D eigenvalue weighted by atomic mass is 35.6. The van der Waals surface area contributed by atoms with Gasteiger partial charge in [0.15, 0.2) is 5.78 Å². The number of hydrogen-bond donors (Lipinski definition) is 1. The minimum Gasteiger partial charge on any atom is -0.335 e. The first-order valence-corrected chi connectivity index (χ1v) is 8.79. The van der Waals surface area contributed by atoms with E-state index < -0.39 is 23.1 Å². The van der Waals surface area contributed by atoms with Crippen LogP contribution in [0.2, 0.25) is 0 Å². The van der Waals surface area contributed by atoms with E-state index in [-0.39, 0.29) is 0 Å². The molecular formula is C13H15Cl3NO4P. The number of rotatable bonds is 6. The Morgan fingerprint density at radius 2 is 1.77 bits per heavy atom. The average molecular weight is 387 g/mol. The van der Waals surface area contributed by atoms with Crippen LogP contribution in [0.3, 0.4) is 0 Å². The van der Waals surface area contributed by atoms with E-state index >= 15 is 0 Å². The lowest BCUT2D eigenvalue weighted by atomic mass is 10.2. The topological polar surface area (TPSA) is 64.6 Å². The molecule has 0 aliphatic carbocycles. The van der Waals surface area contributed by atoms with Gasteiger partial charge >= 0.3 is 7.60 Å². The Kier molecular flexibility index (Phi) is 7.39. The Bertz CT molecular complexity index is 566. The van der Waals surface area contributed by atoms with E-state index in [1.165, 1.54) is 6.08 Å². The minimum atomic E-state index is -3.82. The quantitative estimate of drug-likeness (QED) is 0.456. The van der Waals surface area contributed by atoms with Gasteiger partial charge in [0.05, 0.1) is 0 Å². The molecule has 1 atom stereocenters. The van der Waals surface area contributed by atoms with Crippen LogP contribution in [0.5, 0.6) is 0 Å². The molecule has 1 amide bonds. The number of amides is 1. The summed E-state index contributed by atoms with van der Waals surface area (Å²) < 4.78 is 19.9. The van der Waals surface area contributed by atoms with Crippen LogP contribution in [0.25, 0.3) is 6.08 Å². The zero-order valence-corrected chi connectivity index (χ0v) is 15.0. The van der Waals surface area contributed by atoms with E-state index in [0.29, 0.717) is 0 Å². The Balaban J connectivity index is 2.89. The van der Waals surface area contributed by atoms with Crippen molar-refractivity contribution in [3.8, 4) is 0 Å². The fourth-order valence-corrected chi connectivity index (χ4v) is 4.00. The van der Waals surface area contributed by atoms with Crippen LogP contribution in [0, 0.1) is 0 Å². The van der Waals surface area contributed by atoms with Gasteiger partial charge in [0, 0.05) is 20.3 Å². The first kappa shape index (κ1) is 19.5. The van der Waals surface area contributed by atoms with Crippen molar-refractivity contribution in [2.45, 2.75) is 9.58 Å². The largest absolute Gasteiger partial charge is 0.356 e. The highest BCUT2D eigenvalue weighted by molar-refractivity contribution is 7.55. The number of alkyl halides is 3. The van der Waals surface area contributed by atoms with Crippen molar-refractivity contribution in [1.29, 1.82) is 0 Å². The summed E-state index contributed by atoms with van der Waals surface area (Å²) in [6, 6.07) is 9.12. The number of benzene rings is 1. The molecule has 1 aromatic carbocycles. The Morgan fingerprint density at radius 3 is 2.23 bits per heavy atom. The molecule has 0 radical (unpaired) electrons. The van der Waals surface area contributed by atoms with Crippen molar-refractivity contribution in [1.82, 2.24) is 5.32 Å². The van der Waals surface area contributed by atoms with Crippen LogP contribution in [0.1, 0.15) is 5.56 Å². The van der Waals surface area contributed by atoms with Crippen LogP contribution < -0.4 is 5.32 Å². The summed E-state index contributed by atoms with van der Waals surface area (Å²) in [5.41, 5.74) is 0.810. The number of carbonyl (C=O) groups excluding carboxylic acids is 1. The zero-order valence-electron chi connectivity index (χ0n) is 11.8. The second-order valence-electron chi connectivity index (χ2n) is 4.10. The van der Waals surface area contributed by atoms with Gasteiger partial charge < -0.3 is 14.4 Å². The summed E-state index contributed by atoms with van der Waals surface area (Å²) in [4.78, 5) is 11.9. The van der Waals surface area contributed by atoms with E-state index in [1.807, 2.05) is 30.3 Å². The monoisotopic (exact) mass is 385 g/mol. The summed E-state index contributed by atoms with van der Waals surface area (Å²) in [5, 5.41) is 2.33. The summed E-state index contributed by atoms with van der Waals surface area (Å²) in [6.45, 7) is 0. The van der Waals surface area contributed by atoms with Gasteiger partial charge in [0.2, 0.25) is 9.70 Å². The molecule has 0 saturated heterocycles. The Hall–Kier alpha value is -0.550. The molecule has 0 spiro atoms. The third-order valence-electron chi connectivity index (χ3n) is 2.64. The van der Waals surface area contributed by atoms with Crippen LogP contribution >= 0.6 is 42.4 Å². The molecule has 0 unspecified atom stereocenters. The average Bonchev–Trinajstić information content (AvgIpc) is 2.50. The number of halogens is 3. The molecule has 22 heavy (non-hydrogen) atoms. The van der Waals surface area contributed by atoms with E-state index in [0.717, 1.165) is 19.8 Å². The molecule has 5 nitrogen and oxygen atoms in total. The molecular weight excluding hydrogens is 371 g/mol. The fraction of sp³-hybridized carbons (Fsp3) is 0.308. The summed E-state index contributed by atoms with van der Waals surface area (Å²) >= 11 is 17.3. The lowest BCUT2D eigenvalue weighted by Gasteiger charge is -2.29. The van der Waals surface area contributed by atoms with Gasteiger partial charge in [-0.05, 0) is 11.6 Å². The van der Waals surface area contributed by atoms with E-state index in [2.05, 4.69) is 5.32 Å². The molecule has 1 aromatic rings. The standard InChI is InChI=1S/C13H15Cl3NO4P/c1-20-22(19,21-2)12(13(14,15)16)17-11(18)9-8-10-6-4-3-5-7-10/h3-9,12H,1-2H3,(H,17,18)/b9-8+/t12-/m0/s1. The van der Waals surface area contributed by atoms with Gasteiger partial charge in [0.1, 0.15) is 0 Å². The Morgan fingerprint density at radius 1 is 1.23 bits per heavy atom. The normalized spacial score (nSPS) is 14.0. The number of hydrogen-bond acceptors (Lipinski definition) is 4. The highest BCUT2D eigenvalue weighted by Crippen LogP contribution is 2.57. The van der Waals surface area contributed by atoms with Gasteiger partial charge in [-0.1, -0.05) is 65.1 Å². The second-order valence-corrected chi connectivity index (χ2v) is 8.80. The molecule has 122 valence electrons. The van der Waals surface area contributed by atoms with Gasteiger partial charge in [-0.15, -0.1) is 0 Å². The van der Waals surface area contributed by atoms with E-state index in [4.69, 9.17) is 43.9 Å². The van der Waals surface area contributed by atoms with Crippen LogP contribution in [-0.4, -0.2) is 29.7 Å². The predicted molar refractivity (Wildman–Crippen MR) is 89.3 cm³/mol. The minimum absolute atomic E-state index is 0.602. The van der Waals surface area contributed by atoms with Crippen molar-refractivity contribution >= 4 is 54.4 Å². The van der Waals surface area contributed by atoms with Crippen LogP contribution in [0.4, 0.5) is 0 Å². The summed E-state index contributed by atoms with van der Waals surface area (Å²) in [5.74, 6) is -2.05.